The fourth-order valence-corrected chi connectivity index (χ4v) is 3.25. The van der Waals surface area contributed by atoms with Gasteiger partial charge in [0.25, 0.3) is 5.69 Å². The van der Waals surface area contributed by atoms with E-state index in [2.05, 4.69) is 0 Å². The van der Waals surface area contributed by atoms with Crippen LogP contribution in [-0.2, 0) is 9.09 Å². The summed E-state index contributed by atoms with van der Waals surface area (Å²) < 4.78 is 22.2. The fraction of sp³-hybridized carbons (Fsp3) is 0.250. The van der Waals surface area contributed by atoms with E-state index in [0.29, 0.717) is 3.57 Å². The molecule has 0 amide bonds. The van der Waals surface area contributed by atoms with Crippen molar-refractivity contribution in [3.63, 3.8) is 0 Å². The van der Waals surface area contributed by atoms with Gasteiger partial charge < -0.3 is 4.52 Å². The molecule has 17 heavy (non-hydrogen) atoms. The largest absolute Gasteiger partial charge is 0.439 e. The minimum atomic E-state index is -3.22. The van der Waals surface area contributed by atoms with Gasteiger partial charge in [-0.05, 0) is 46.3 Å². The lowest BCUT2D eigenvalue weighted by atomic mass is 10.3. The third kappa shape index (κ3) is 3.84. The number of nitro benzene ring substituents is 1. The second-order valence-electron chi connectivity index (χ2n) is 2.77. The van der Waals surface area contributed by atoms with E-state index in [1.165, 1.54) is 25.3 Å². The second-order valence-corrected chi connectivity index (χ2v) is 8.18. The third-order valence-electron chi connectivity index (χ3n) is 1.78. The van der Waals surface area contributed by atoms with Gasteiger partial charge in [0, 0.05) is 19.2 Å². The Labute approximate surface area is 116 Å². The molecule has 0 aliphatic carbocycles. The first-order valence-electron chi connectivity index (χ1n) is 4.27. The highest BCUT2D eigenvalue weighted by Crippen LogP contribution is 2.58. The smallest absolute Gasteiger partial charge is 0.417 e. The van der Waals surface area contributed by atoms with E-state index in [1.54, 1.807) is 6.26 Å². The van der Waals surface area contributed by atoms with E-state index in [1.807, 2.05) is 22.6 Å². The second kappa shape index (κ2) is 6.03. The highest BCUT2D eigenvalue weighted by Gasteiger charge is 2.24. The molecule has 94 valence electrons. The SMILES string of the molecule is COP(=O)(Oc1ccc([N+](=O)[O-])c(I)c1)SC. The van der Waals surface area contributed by atoms with Crippen LogP contribution >= 0.6 is 40.8 Å². The number of nitrogens with zero attached hydrogens (tertiary/aromatic N) is 1. The van der Waals surface area contributed by atoms with Gasteiger partial charge in [-0.25, -0.2) is 4.57 Å². The highest BCUT2D eigenvalue weighted by molar-refractivity contribution is 14.1. The molecule has 1 atom stereocenters. The Hall–Kier alpha value is -0.310. The zero-order chi connectivity index (χ0) is 13.1. The van der Waals surface area contributed by atoms with Crippen LogP contribution in [0.1, 0.15) is 0 Å². The van der Waals surface area contributed by atoms with Crippen LogP contribution in [0.3, 0.4) is 0 Å². The summed E-state index contributed by atoms with van der Waals surface area (Å²) in [6.45, 7) is -3.22. The lowest BCUT2D eigenvalue weighted by Crippen LogP contribution is -1.94. The zero-order valence-corrected chi connectivity index (χ0v) is 12.8. The van der Waals surface area contributed by atoms with Gasteiger partial charge in [0.15, 0.2) is 0 Å². The van der Waals surface area contributed by atoms with Crippen LogP contribution in [0.2, 0.25) is 0 Å². The summed E-state index contributed by atoms with van der Waals surface area (Å²) >= 11 is 2.78. The molecule has 0 N–H and O–H groups in total. The van der Waals surface area contributed by atoms with Gasteiger partial charge in [-0.3, -0.25) is 14.6 Å². The summed E-state index contributed by atoms with van der Waals surface area (Å²) in [6, 6.07) is 4.14. The monoisotopic (exact) mass is 389 g/mol. The van der Waals surface area contributed by atoms with E-state index in [-0.39, 0.29) is 11.4 Å². The van der Waals surface area contributed by atoms with Crippen LogP contribution in [0.25, 0.3) is 0 Å². The van der Waals surface area contributed by atoms with Crippen molar-refractivity contribution in [2.75, 3.05) is 13.4 Å². The normalized spacial score (nSPS) is 14.1. The first-order valence-corrected chi connectivity index (χ1v) is 8.72. The summed E-state index contributed by atoms with van der Waals surface area (Å²) in [5.41, 5.74) is -0.0191. The average molecular weight is 389 g/mol. The number of hydrogen-bond donors (Lipinski definition) is 0. The molecule has 1 unspecified atom stereocenters. The van der Waals surface area contributed by atoms with Crippen molar-refractivity contribution in [2.24, 2.45) is 0 Å². The number of rotatable bonds is 5. The summed E-state index contributed by atoms with van der Waals surface area (Å²) in [4.78, 5) is 10.1. The van der Waals surface area contributed by atoms with E-state index in [9.17, 15) is 14.7 Å². The van der Waals surface area contributed by atoms with Crippen LogP contribution < -0.4 is 4.52 Å². The molecule has 0 aliphatic rings. The molecule has 9 heteroatoms. The Morgan fingerprint density at radius 3 is 2.59 bits per heavy atom. The fourth-order valence-electron chi connectivity index (χ4n) is 0.971. The Morgan fingerprint density at radius 2 is 2.18 bits per heavy atom. The highest BCUT2D eigenvalue weighted by atomic mass is 127. The Balaban J connectivity index is 2.99. The van der Waals surface area contributed by atoms with Crippen molar-refractivity contribution in [1.29, 1.82) is 0 Å². The molecule has 0 aliphatic heterocycles. The standard InChI is InChI=1S/C8H9INO5PS/c1-14-16(13,17-2)15-6-3-4-8(10(11)12)7(9)5-6/h3-5H,1-2H3. The van der Waals surface area contributed by atoms with E-state index in [0.717, 1.165) is 11.4 Å². The topological polar surface area (TPSA) is 78.7 Å². The Bertz CT molecular complexity index is 475. The molecule has 0 radical (unpaired) electrons. The molecule has 0 bridgehead atoms. The van der Waals surface area contributed by atoms with Gasteiger partial charge >= 0.3 is 6.80 Å². The van der Waals surface area contributed by atoms with Crippen molar-refractivity contribution in [1.82, 2.24) is 0 Å². The predicted octanol–water partition coefficient (Wildman–Crippen LogP) is 3.70. The van der Waals surface area contributed by atoms with Gasteiger partial charge in [0.2, 0.25) is 0 Å². The van der Waals surface area contributed by atoms with E-state index < -0.39 is 11.7 Å². The first kappa shape index (κ1) is 14.7. The maximum atomic E-state index is 11.8. The minimum absolute atomic E-state index is 0.0191. The van der Waals surface area contributed by atoms with E-state index in [4.69, 9.17) is 9.05 Å². The summed E-state index contributed by atoms with van der Waals surface area (Å²) in [6.07, 6.45) is 1.60. The molecular formula is C8H9INO5PS. The van der Waals surface area contributed by atoms with Crippen molar-refractivity contribution in [2.45, 2.75) is 0 Å². The predicted molar refractivity (Wildman–Crippen MR) is 74.6 cm³/mol. The molecule has 0 fully saturated rings. The van der Waals surface area contributed by atoms with Gasteiger partial charge in [-0.15, -0.1) is 0 Å². The number of benzene rings is 1. The van der Waals surface area contributed by atoms with Crippen molar-refractivity contribution >= 4 is 46.5 Å². The van der Waals surface area contributed by atoms with Gasteiger partial charge in [-0.2, -0.15) is 0 Å². The summed E-state index contributed by atoms with van der Waals surface area (Å²) in [7, 11) is 1.29. The molecule has 1 aromatic rings. The van der Waals surface area contributed by atoms with Gasteiger partial charge in [0.1, 0.15) is 5.75 Å². The lowest BCUT2D eigenvalue weighted by molar-refractivity contribution is -0.385. The summed E-state index contributed by atoms with van der Waals surface area (Å²) in [5.74, 6) is 0.277. The molecule has 0 spiro atoms. The number of halogens is 1. The first-order chi connectivity index (χ1) is 7.91. The molecule has 6 nitrogen and oxygen atoms in total. The molecule has 0 aromatic heterocycles. The molecule has 1 rings (SSSR count). The van der Waals surface area contributed by atoms with E-state index >= 15 is 0 Å². The van der Waals surface area contributed by atoms with Crippen LogP contribution in [0.4, 0.5) is 5.69 Å². The third-order valence-corrected chi connectivity index (χ3v) is 5.99. The van der Waals surface area contributed by atoms with Crippen molar-refractivity contribution < 1.29 is 18.5 Å². The minimum Gasteiger partial charge on any atom is -0.417 e. The van der Waals surface area contributed by atoms with Crippen molar-refractivity contribution in [3.05, 3.63) is 31.9 Å². The molecule has 0 saturated carbocycles. The van der Waals surface area contributed by atoms with Gasteiger partial charge in [0.05, 0.1) is 8.49 Å². The maximum absolute atomic E-state index is 11.8. The zero-order valence-electron chi connectivity index (χ0n) is 8.95. The van der Waals surface area contributed by atoms with Crippen LogP contribution in [-0.4, -0.2) is 18.3 Å². The Morgan fingerprint density at radius 1 is 1.53 bits per heavy atom. The molecule has 0 saturated heterocycles. The van der Waals surface area contributed by atoms with Crippen LogP contribution in [0.5, 0.6) is 5.75 Å². The van der Waals surface area contributed by atoms with Crippen molar-refractivity contribution in [3.8, 4) is 5.75 Å². The molecule has 1 aromatic carbocycles. The van der Waals surface area contributed by atoms with Crippen LogP contribution in [0.15, 0.2) is 18.2 Å². The maximum Gasteiger partial charge on any atom is 0.439 e. The number of nitro groups is 1. The lowest BCUT2D eigenvalue weighted by Gasteiger charge is -2.14. The number of hydrogen-bond acceptors (Lipinski definition) is 6. The van der Waals surface area contributed by atoms with Crippen LogP contribution in [0, 0.1) is 13.7 Å². The summed E-state index contributed by atoms with van der Waals surface area (Å²) in [5, 5.41) is 10.6. The van der Waals surface area contributed by atoms with Gasteiger partial charge in [-0.1, -0.05) is 0 Å². The Kier molecular flexibility index (Phi) is 5.23. The molecular weight excluding hydrogens is 380 g/mol. The average Bonchev–Trinajstić information content (AvgIpc) is 2.28. The molecule has 0 heterocycles. The quantitative estimate of drug-likeness (QED) is 0.331.